The summed E-state index contributed by atoms with van der Waals surface area (Å²) in [5, 5.41) is 8.83. The van der Waals surface area contributed by atoms with E-state index in [0.717, 1.165) is 16.2 Å². The fourth-order valence-electron chi connectivity index (χ4n) is 2.14. The van der Waals surface area contributed by atoms with E-state index in [9.17, 15) is 16.8 Å². The molecule has 9 heteroatoms. The van der Waals surface area contributed by atoms with E-state index in [4.69, 9.17) is 5.11 Å². The molecule has 0 aromatic carbocycles. The van der Waals surface area contributed by atoms with Gasteiger partial charge >= 0.3 is 0 Å². The van der Waals surface area contributed by atoms with Crippen LogP contribution in [0.3, 0.4) is 0 Å². The van der Waals surface area contributed by atoms with Crippen molar-refractivity contribution >= 4 is 31.2 Å². The highest BCUT2D eigenvalue weighted by atomic mass is 32.2. The lowest BCUT2D eigenvalue weighted by Gasteiger charge is -2.22. The van der Waals surface area contributed by atoms with Crippen molar-refractivity contribution in [3.05, 3.63) is 17.0 Å². The molecule has 0 saturated carbocycles. The van der Waals surface area contributed by atoms with Crippen molar-refractivity contribution in [1.82, 2.24) is 4.72 Å². The van der Waals surface area contributed by atoms with E-state index in [2.05, 4.69) is 4.72 Å². The molecule has 1 aromatic heterocycles. The predicted molar refractivity (Wildman–Crippen MR) is 77.1 cm³/mol. The number of hydrogen-bond acceptors (Lipinski definition) is 6. The van der Waals surface area contributed by atoms with Crippen LogP contribution in [0.25, 0.3) is 0 Å². The van der Waals surface area contributed by atoms with Crippen LogP contribution in [0.4, 0.5) is 0 Å². The zero-order valence-corrected chi connectivity index (χ0v) is 13.2. The maximum Gasteiger partial charge on any atom is 0.250 e. The van der Waals surface area contributed by atoms with Crippen LogP contribution in [0.5, 0.6) is 0 Å². The van der Waals surface area contributed by atoms with Crippen molar-refractivity contribution in [2.45, 2.75) is 29.5 Å². The highest BCUT2D eigenvalue weighted by Gasteiger charge is 2.29. The maximum atomic E-state index is 12.2. The van der Waals surface area contributed by atoms with Gasteiger partial charge in [-0.05, 0) is 25.0 Å². The average Bonchev–Trinajstić information content (AvgIpc) is 2.77. The molecule has 0 radical (unpaired) electrons. The van der Waals surface area contributed by atoms with Crippen LogP contribution in [0.2, 0.25) is 0 Å². The Morgan fingerprint density at radius 1 is 1.40 bits per heavy atom. The maximum absolute atomic E-state index is 12.2. The Bertz CT molecular complexity index is 662. The summed E-state index contributed by atoms with van der Waals surface area (Å²) < 4.78 is 50.0. The number of nitrogens with one attached hydrogen (secondary N) is 1. The van der Waals surface area contributed by atoms with Gasteiger partial charge < -0.3 is 5.11 Å². The minimum atomic E-state index is -3.69. The zero-order valence-electron chi connectivity index (χ0n) is 10.8. The molecule has 1 saturated heterocycles. The molecule has 2 heterocycles. The van der Waals surface area contributed by atoms with Crippen molar-refractivity contribution in [3.63, 3.8) is 0 Å². The van der Waals surface area contributed by atoms with Gasteiger partial charge in [0, 0.05) is 23.9 Å². The summed E-state index contributed by atoms with van der Waals surface area (Å²) in [7, 11) is -6.83. The number of aliphatic hydroxyl groups excluding tert-OH is 1. The molecule has 1 aliphatic heterocycles. The second kappa shape index (κ2) is 6.10. The smallest absolute Gasteiger partial charge is 0.250 e. The molecule has 1 aromatic rings. The van der Waals surface area contributed by atoms with Gasteiger partial charge in [0.2, 0.25) is 10.0 Å². The van der Waals surface area contributed by atoms with Crippen molar-refractivity contribution in [2.75, 3.05) is 18.1 Å². The van der Waals surface area contributed by atoms with E-state index in [0.29, 0.717) is 19.3 Å². The van der Waals surface area contributed by atoms with Crippen LogP contribution in [-0.4, -0.2) is 46.1 Å². The van der Waals surface area contributed by atoms with E-state index >= 15 is 0 Å². The summed E-state index contributed by atoms with van der Waals surface area (Å²) in [5.74, 6) is -0.00796. The first-order chi connectivity index (χ1) is 9.32. The van der Waals surface area contributed by atoms with Crippen LogP contribution >= 0.6 is 11.3 Å². The molecule has 2 N–H and O–H groups in total. The summed E-state index contributed by atoms with van der Waals surface area (Å²) in [4.78, 5) is 0.782. The van der Waals surface area contributed by atoms with Gasteiger partial charge in [0.05, 0.1) is 11.5 Å². The van der Waals surface area contributed by atoms with Gasteiger partial charge in [-0.1, -0.05) is 0 Å². The largest absolute Gasteiger partial charge is 0.396 e. The molecule has 1 unspecified atom stereocenters. The van der Waals surface area contributed by atoms with Gasteiger partial charge in [0.1, 0.15) is 4.21 Å². The lowest BCUT2D eigenvalue weighted by Crippen LogP contribution is -2.42. The van der Waals surface area contributed by atoms with Crippen LogP contribution in [0, 0.1) is 0 Å². The Morgan fingerprint density at radius 2 is 2.15 bits per heavy atom. The normalized spacial score (nSPS) is 22.8. The van der Waals surface area contributed by atoms with Gasteiger partial charge in [-0.25, -0.2) is 21.6 Å². The van der Waals surface area contributed by atoms with Crippen LogP contribution < -0.4 is 4.72 Å². The highest BCUT2D eigenvalue weighted by Crippen LogP contribution is 2.23. The highest BCUT2D eigenvalue weighted by molar-refractivity contribution is 7.92. The molecule has 2 rings (SSSR count). The summed E-state index contributed by atoms with van der Waals surface area (Å²) in [6.07, 6.45) is 1.43. The third kappa shape index (κ3) is 4.01. The number of rotatable bonds is 5. The fraction of sp³-hybridized carbons (Fsp3) is 0.636. The number of sulfonamides is 1. The van der Waals surface area contributed by atoms with E-state index in [1.165, 1.54) is 6.07 Å². The average molecular weight is 339 g/mol. The summed E-state index contributed by atoms with van der Waals surface area (Å²) in [6.45, 7) is -0.0334. The summed E-state index contributed by atoms with van der Waals surface area (Å²) in [6, 6.07) is 2.59. The monoisotopic (exact) mass is 339 g/mol. The Hall–Kier alpha value is -0.480. The molecule has 1 aliphatic rings. The Labute approximate surface area is 122 Å². The van der Waals surface area contributed by atoms with Crippen LogP contribution in [0.1, 0.15) is 17.7 Å². The molecule has 114 valence electrons. The van der Waals surface area contributed by atoms with Crippen LogP contribution in [-0.2, 0) is 26.3 Å². The Morgan fingerprint density at radius 3 is 2.80 bits per heavy atom. The van der Waals surface area contributed by atoms with Crippen molar-refractivity contribution in [3.8, 4) is 0 Å². The minimum Gasteiger partial charge on any atom is -0.396 e. The molecule has 1 atom stereocenters. The molecule has 1 fully saturated rings. The predicted octanol–water partition coefficient (Wildman–Crippen LogP) is 0.138. The molecule has 0 bridgehead atoms. The molecule has 0 spiro atoms. The number of hydrogen-bond donors (Lipinski definition) is 2. The first-order valence-electron chi connectivity index (χ1n) is 6.25. The second-order valence-electron chi connectivity index (χ2n) is 4.77. The second-order valence-corrected chi connectivity index (χ2v) is 10.1. The van der Waals surface area contributed by atoms with E-state index in [1.54, 1.807) is 6.07 Å². The third-order valence-electron chi connectivity index (χ3n) is 3.04. The van der Waals surface area contributed by atoms with Gasteiger partial charge in [-0.3, -0.25) is 0 Å². The molecular weight excluding hydrogens is 322 g/mol. The van der Waals surface area contributed by atoms with E-state index < -0.39 is 25.9 Å². The van der Waals surface area contributed by atoms with Crippen LogP contribution in [0.15, 0.2) is 16.3 Å². The number of aliphatic hydroxyl groups is 1. The topological polar surface area (TPSA) is 101 Å². The first-order valence-corrected chi connectivity index (χ1v) is 10.4. The van der Waals surface area contributed by atoms with Crippen molar-refractivity contribution in [2.24, 2.45) is 0 Å². The van der Waals surface area contributed by atoms with E-state index in [-0.39, 0.29) is 22.3 Å². The standard InChI is InChI=1S/C11H17NO5S3/c13-6-5-10-3-4-11(18-10)20(16,17)12-9-2-1-7-19(14,15)8-9/h3-4,9,12-13H,1-2,5-8H2. The SMILES string of the molecule is O=S1(=O)CCCC(NS(=O)(=O)c2ccc(CCO)s2)C1. The van der Waals surface area contributed by atoms with Gasteiger partial charge in [-0.15, -0.1) is 11.3 Å². The fourth-order valence-corrected chi connectivity index (χ4v) is 6.51. The number of thiophene rings is 1. The third-order valence-corrected chi connectivity index (χ3v) is 8.02. The lowest BCUT2D eigenvalue weighted by atomic mass is 10.2. The summed E-state index contributed by atoms with van der Waals surface area (Å²) in [5.41, 5.74) is 0. The summed E-state index contributed by atoms with van der Waals surface area (Å²) >= 11 is 1.09. The Balaban J connectivity index is 2.10. The molecular formula is C11H17NO5S3. The molecule has 6 nitrogen and oxygen atoms in total. The minimum absolute atomic E-state index is 0.0334. The van der Waals surface area contributed by atoms with Gasteiger partial charge in [0.25, 0.3) is 0 Å². The molecule has 20 heavy (non-hydrogen) atoms. The Kier molecular flexibility index (Phi) is 4.85. The zero-order chi connectivity index (χ0) is 14.8. The quantitative estimate of drug-likeness (QED) is 0.795. The van der Waals surface area contributed by atoms with Gasteiger partial charge in [-0.2, -0.15) is 0 Å². The van der Waals surface area contributed by atoms with E-state index in [1.807, 2.05) is 0 Å². The molecule has 0 aliphatic carbocycles. The van der Waals surface area contributed by atoms with Gasteiger partial charge in [0.15, 0.2) is 9.84 Å². The number of sulfone groups is 1. The molecule has 0 amide bonds. The first kappa shape index (κ1) is 15.9. The van der Waals surface area contributed by atoms with Crippen molar-refractivity contribution < 1.29 is 21.9 Å². The lowest BCUT2D eigenvalue weighted by molar-refractivity contribution is 0.300. The van der Waals surface area contributed by atoms with Crippen molar-refractivity contribution in [1.29, 1.82) is 0 Å².